The molecule has 4 rings (SSSR count). The van der Waals surface area contributed by atoms with E-state index < -0.39 is 0 Å². The minimum absolute atomic E-state index is 0.00645. The molecule has 150 valence electrons. The summed E-state index contributed by atoms with van der Waals surface area (Å²) < 4.78 is 5.21. The fourth-order valence-electron chi connectivity index (χ4n) is 3.61. The van der Waals surface area contributed by atoms with Gasteiger partial charge < -0.3 is 20.1 Å². The predicted octanol–water partition coefficient (Wildman–Crippen LogP) is 3.27. The summed E-state index contributed by atoms with van der Waals surface area (Å²) >= 11 is 0. The molecule has 1 fully saturated rings. The summed E-state index contributed by atoms with van der Waals surface area (Å²) in [6.45, 7) is 4.78. The zero-order chi connectivity index (χ0) is 20.4. The molecule has 0 radical (unpaired) electrons. The smallest absolute Gasteiger partial charge is 0.321 e. The number of amides is 3. The number of rotatable bonds is 3. The van der Waals surface area contributed by atoms with Gasteiger partial charge in [0.05, 0.1) is 16.6 Å². The Morgan fingerprint density at radius 1 is 1.14 bits per heavy atom. The van der Waals surface area contributed by atoms with E-state index in [2.05, 4.69) is 20.8 Å². The molecule has 0 aliphatic carbocycles. The first-order valence-electron chi connectivity index (χ1n) is 9.67. The van der Waals surface area contributed by atoms with Crippen LogP contribution in [0.2, 0.25) is 0 Å². The molecular weight excluding hydrogens is 370 g/mol. The lowest BCUT2D eigenvalue weighted by Gasteiger charge is -2.32. The maximum atomic E-state index is 12.9. The van der Waals surface area contributed by atoms with E-state index in [0.29, 0.717) is 54.0 Å². The Kier molecular flexibility index (Phi) is 5.16. The average Bonchev–Trinajstić information content (AvgIpc) is 3.09. The summed E-state index contributed by atoms with van der Waals surface area (Å²) in [6.07, 6.45) is 1.40. The Bertz CT molecular complexity index is 1040. The third-order valence-corrected chi connectivity index (χ3v) is 5.13. The first-order chi connectivity index (χ1) is 14.0. The molecule has 1 aliphatic heterocycles. The van der Waals surface area contributed by atoms with E-state index in [9.17, 15) is 9.59 Å². The molecule has 3 heterocycles. The minimum atomic E-state index is -0.168. The van der Waals surface area contributed by atoms with Gasteiger partial charge in [-0.25, -0.2) is 9.78 Å². The number of nitrogens with zero attached hydrogens (tertiary/aromatic N) is 3. The Balaban J connectivity index is 1.37. The zero-order valence-electron chi connectivity index (χ0n) is 16.4. The third kappa shape index (κ3) is 4.06. The van der Waals surface area contributed by atoms with Gasteiger partial charge in [0, 0.05) is 30.5 Å². The van der Waals surface area contributed by atoms with E-state index in [-0.39, 0.29) is 18.0 Å². The van der Waals surface area contributed by atoms with Crippen molar-refractivity contribution in [2.75, 3.05) is 18.4 Å². The summed E-state index contributed by atoms with van der Waals surface area (Å²) in [5, 5.41) is 10.6. The molecule has 1 saturated heterocycles. The van der Waals surface area contributed by atoms with Crippen molar-refractivity contribution in [3.8, 4) is 0 Å². The van der Waals surface area contributed by atoms with Gasteiger partial charge in [-0.2, -0.15) is 0 Å². The fraction of sp³-hybridized carbons (Fsp3) is 0.333. The number of carbonyl (C=O) groups is 2. The summed E-state index contributed by atoms with van der Waals surface area (Å²) in [4.78, 5) is 31.4. The summed E-state index contributed by atoms with van der Waals surface area (Å²) in [6, 6.07) is 11.0. The number of para-hydroxylation sites is 1. The average molecular weight is 393 g/mol. The van der Waals surface area contributed by atoms with Crippen LogP contribution in [-0.2, 0) is 0 Å². The van der Waals surface area contributed by atoms with Crippen molar-refractivity contribution in [2.24, 2.45) is 0 Å². The molecule has 2 aromatic heterocycles. The molecule has 3 amide bonds. The number of piperidine rings is 1. The molecule has 1 aromatic carbocycles. The van der Waals surface area contributed by atoms with Crippen molar-refractivity contribution >= 4 is 28.7 Å². The van der Waals surface area contributed by atoms with Crippen molar-refractivity contribution in [2.45, 2.75) is 32.7 Å². The first-order valence-corrected chi connectivity index (χ1v) is 9.67. The maximum Gasteiger partial charge on any atom is 0.321 e. The van der Waals surface area contributed by atoms with Crippen molar-refractivity contribution in [1.82, 2.24) is 20.4 Å². The summed E-state index contributed by atoms with van der Waals surface area (Å²) in [5.74, 6) is -0.168. The highest BCUT2D eigenvalue weighted by Gasteiger charge is 2.25. The fourth-order valence-corrected chi connectivity index (χ4v) is 3.61. The zero-order valence-corrected chi connectivity index (χ0v) is 16.4. The second-order valence-electron chi connectivity index (χ2n) is 7.29. The van der Waals surface area contributed by atoms with Crippen molar-refractivity contribution in [3.63, 3.8) is 0 Å². The molecule has 8 nitrogen and oxygen atoms in total. The third-order valence-electron chi connectivity index (χ3n) is 5.13. The highest BCUT2D eigenvalue weighted by Crippen LogP contribution is 2.22. The lowest BCUT2D eigenvalue weighted by Crippen LogP contribution is -2.47. The number of nitrogens with one attached hydrogen (secondary N) is 2. The molecule has 2 N–H and O–H groups in total. The number of fused-ring (bicyclic) bond motifs is 1. The normalized spacial score (nSPS) is 14.8. The maximum absolute atomic E-state index is 12.9. The number of hydrogen-bond donors (Lipinski definition) is 2. The number of hydrogen-bond acceptors (Lipinski definition) is 5. The Morgan fingerprint density at radius 2 is 1.86 bits per heavy atom. The molecule has 0 bridgehead atoms. The second-order valence-corrected chi connectivity index (χ2v) is 7.29. The Labute approximate surface area is 168 Å². The molecule has 29 heavy (non-hydrogen) atoms. The van der Waals surface area contributed by atoms with Crippen LogP contribution >= 0.6 is 0 Å². The lowest BCUT2D eigenvalue weighted by atomic mass is 10.0. The molecule has 8 heteroatoms. The highest BCUT2D eigenvalue weighted by molar-refractivity contribution is 6.06. The van der Waals surface area contributed by atoms with Gasteiger partial charge >= 0.3 is 6.03 Å². The van der Waals surface area contributed by atoms with Gasteiger partial charge in [0.1, 0.15) is 0 Å². The lowest BCUT2D eigenvalue weighted by molar-refractivity contribution is 0.0920. The molecule has 1 aliphatic rings. The van der Waals surface area contributed by atoms with Gasteiger partial charge in [-0.1, -0.05) is 23.4 Å². The number of aromatic nitrogens is 2. The first kappa shape index (κ1) is 18.9. The number of aryl methyl sites for hydroxylation is 2. The molecular formula is C21H23N5O3. The van der Waals surface area contributed by atoms with Crippen LogP contribution in [0.1, 0.15) is 34.6 Å². The topological polar surface area (TPSA) is 100 Å². The quantitative estimate of drug-likeness (QED) is 0.711. The van der Waals surface area contributed by atoms with Crippen LogP contribution in [-0.4, -0.2) is 46.1 Å². The Morgan fingerprint density at radius 3 is 2.59 bits per heavy atom. The van der Waals surface area contributed by atoms with Gasteiger partial charge in [-0.05, 0) is 44.9 Å². The molecule has 0 saturated carbocycles. The van der Waals surface area contributed by atoms with Crippen LogP contribution in [0.15, 0.2) is 40.9 Å². The number of urea groups is 1. The van der Waals surface area contributed by atoms with E-state index in [1.165, 1.54) is 0 Å². The van der Waals surface area contributed by atoms with E-state index in [1.807, 2.05) is 37.3 Å². The number of likely N-dealkylation sites (tertiary alicyclic amines) is 1. The largest absolute Gasteiger partial charge is 0.349 e. The van der Waals surface area contributed by atoms with Crippen molar-refractivity contribution in [3.05, 3.63) is 53.3 Å². The second kappa shape index (κ2) is 7.90. The highest BCUT2D eigenvalue weighted by atomic mass is 16.5. The van der Waals surface area contributed by atoms with Crippen LogP contribution in [0.25, 0.3) is 11.1 Å². The SMILES string of the molecule is Cc1cc(C(=O)NC2CCN(C(=O)Nc3ccccc3)CC2)c2c(C)noc2n1. The number of benzene rings is 1. The van der Waals surface area contributed by atoms with Crippen LogP contribution in [0.3, 0.4) is 0 Å². The van der Waals surface area contributed by atoms with E-state index in [4.69, 9.17) is 4.52 Å². The standard InChI is InChI=1S/C21H23N5O3/c1-13-12-17(18-14(2)25-29-20(18)22-13)19(27)23-16-8-10-26(11-9-16)21(28)24-15-6-4-3-5-7-15/h3-7,12,16H,8-11H2,1-2H3,(H,23,27)(H,24,28). The van der Waals surface area contributed by atoms with Crippen LogP contribution in [0.4, 0.5) is 10.5 Å². The molecule has 0 unspecified atom stereocenters. The predicted molar refractivity (Wildman–Crippen MR) is 109 cm³/mol. The number of anilines is 1. The van der Waals surface area contributed by atoms with Gasteiger partial charge in [0.25, 0.3) is 11.6 Å². The number of pyridine rings is 1. The van der Waals surface area contributed by atoms with E-state index in [0.717, 1.165) is 5.69 Å². The summed E-state index contributed by atoms with van der Waals surface area (Å²) in [7, 11) is 0. The monoisotopic (exact) mass is 393 g/mol. The minimum Gasteiger partial charge on any atom is -0.349 e. The van der Waals surface area contributed by atoms with Crippen LogP contribution < -0.4 is 10.6 Å². The van der Waals surface area contributed by atoms with E-state index in [1.54, 1.807) is 17.9 Å². The van der Waals surface area contributed by atoms with Gasteiger partial charge in [0.2, 0.25) is 0 Å². The summed E-state index contributed by atoms with van der Waals surface area (Å²) in [5.41, 5.74) is 3.01. The van der Waals surface area contributed by atoms with Crippen LogP contribution in [0.5, 0.6) is 0 Å². The van der Waals surface area contributed by atoms with Crippen LogP contribution in [0, 0.1) is 13.8 Å². The van der Waals surface area contributed by atoms with Crippen molar-refractivity contribution < 1.29 is 14.1 Å². The molecule has 0 spiro atoms. The van der Waals surface area contributed by atoms with Gasteiger partial charge in [-0.3, -0.25) is 4.79 Å². The van der Waals surface area contributed by atoms with E-state index >= 15 is 0 Å². The van der Waals surface area contributed by atoms with Gasteiger partial charge in [0.15, 0.2) is 0 Å². The molecule has 0 atom stereocenters. The Hall–Kier alpha value is -3.42. The number of carbonyl (C=O) groups excluding carboxylic acids is 2. The van der Waals surface area contributed by atoms with Gasteiger partial charge in [-0.15, -0.1) is 0 Å². The van der Waals surface area contributed by atoms with Crippen molar-refractivity contribution in [1.29, 1.82) is 0 Å². The molecule has 3 aromatic rings.